The third-order valence-corrected chi connectivity index (χ3v) is 5.29. The first-order valence-corrected chi connectivity index (χ1v) is 8.98. The maximum atomic E-state index is 12.8. The van der Waals surface area contributed by atoms with Gasteiger partial charge in [0.05, 0.1) is 12.2 Å². The summed E-state index contributed by atoms with van der Waals surface area (Å²) in [5.41, 5.74) is 2.39. The summed E-state index contributed by atoms with van der Waals surface area (Å²) in [6.45, 7) is 3.20. The van der Waals surface area contributed by atoms with Crippen molar-refractivity contribution in [3.05, 3.63) is 29.2 Å². The van der Waals surface area contributed by atoms with Crippen molar-refractivity contribution in [3.8, 4) is 0 Å². The molecule has 8 heteroatoms. The lowest BCUT2D eigenvalue weighted by Gasteiger charge is -2.33. The number of hydrogen-bond donors (Lipinski definition) is 1. The van der Waals surface area contributed by atoms with Crippen molar-refractivity contribution in [2.75, 3.05) is 13.1 Å². The first-order chi connectivity index (χ1) is 12.1. The maximum absolute atomic E-state index is 12.8. The summed E-state index contributed by atoms with van der Waals surface area (Å²) in [4.78, 5) is 19.0. The second kappa shape index (κ2) is 6.50. The van der Waals surface area contributed by atoms with Crippen LogP contribution in [0, 0.1) is 6.92 Å². The van der Waals surface area contributed by atoms with Crippen molar-refractivity contribution in [1.29, 1.82) is 0 Å². The van der Waals surface area contributed by atoms with Crippen LogP contribution in [0.1, 0.15) is 60.6 Å². The van der Waals surface area contributed by atoms with E-state index in [1.165, 1.54) is 5.69 Å². The van der Waals surface area contributed by atoms with Crippen molar-refractivity contribution in [1.82, 2.24) is 30.1 Å². The highest BCUT2D eigenvalue weighted by Gasteiger charge is 2.30. The summed E-state index contributed by atoms with van der Waals surface area (Å²) in [7, 11) is 1.96. The Hall–Kier alpha value is -2.38. The number of urea groups is 1. The summed E-state index contributed by atoms with van der Waals surface area (Å²) < 4.78 is 7.01. The molecule has 0 bridgehead atoms. The van der Waals surface area contributed by atoms with E-state index in [4.69, 9.17) is 4.52 Å². The molecule has 2 aliphatic rings. The van der Waals surface area contributed by atoms with Gasteiger partial charge in [0, 0.05) is 44.2 Å². The molecule has 2 aromatic heterocycles. The van der Waals surface area contributed by atoms with Crippen molar-refractivity contribution in [2.24, 2.45) is 7.05 Å². The second-order valence-corrected chi connectivity index (χ2v) is 7.02. The van der Waals surface area contributed by atoms with E-state index in [9.17, 15) is 4.79 Å². The molecule has 134 valence electrons. The molecule has 1 N–H and O–H groups in total. The zero-order chi connectivity index (χ0) is 17.4. The van der Waals surface area contributed by atoms with Crippen LogP contribution in [0.2, 0.25) is 0 Å². The molecule has 25 heavy (non-hydrogen) atoms. The molecule has 2 unspecified atom stereocenters. The van der Waals surface area contributed by atoms with Gasteiger partial charge in [-0.1, -0.05) is 5.16 Å². The van der Waals surface area contributed by atoms with E-state index in [2.05, 4.69) is 20.6 Å². The third kappa shape index (κ3) is 3.12. The van der Waals surface area contributed by atoms with Gasteiger partial charge in [-0.3, -0.25) is 4.68 Å². The van der Waals surface area contributed by atoms with E-state index in [-0.39, 0.29) is 18.0 Å². The second-order valence-electron chi connectivity index (χ2n) is 7.02. The topological polar surface area (TPSA) is 89.1 Å². The predicted molar refractivity (Wildman–Crippen MR) is 90.0 cm³/mol. The van der Waals surface area contributed by atoms with E-state index < -0.39 is 0 Å². The highest BCUT2D eigenvalue weighted by atomic mass is 16.5. The number of likely N-dealkylation sites (tertiary alicyclic amines) is 1. The van der Waals surface area contributed by atoms with Crippen molar-refractivity contribution < 1.29 is 9.32 Å². The molecule has 0 aromatic carbocycles. The molecule has 1 fully saturated rings. The smallest absolute Gasteiger partial charge is 0.317 e. The Morgan fingerprint density at radius 1 is 1.36 bits per heavy atom. The molecule has 3 heterocycles. The zero-order valence-electron chi connectivity index (χ0n) is 14.7. The minimum atomic E-state index is -0.00776. The van der Waals surface area contributed by atoms with Crippen LogP contribution in [0.25, 0.3) is 0 Å². The van der Waals surface area contributed by atoms with Crippen molar-refractivity contribution >= 4 is 6.03 Å². The van der Waals surface area contributed by atoms with Crippen LogP contribution in [0.15, 0.2) is 10.7 Å². The quantitative estimate of drug-likeness (QED) is 0.901. The molecule has 2 amide bonds. The van der Waals surface area contributed by atoms with Crippen LogP contribution < -0.4 is 5.32 Å². The number of aromatic nitrogens is 4. The number of nitrogens with one attached hydrogen (secondary N) is 1. The summed E-state index contributed by atoms with van der Waals surface area (Å²) >= 11 is 0. The van der Waals surface area contributed by atoms with Gasteiger partial charge in [-0.25, -0.2) is 4.79 Å². The third-order valence-electron chi connectivity index (χ3n) is 5.29. The Morgan fingerprint density at radius 3 is 3.04 bits per heavy atom. The van der Waals surface area contributed by atoms with E-state index in [1.54, 1.807) is 6.92 Å². The van der Waals surface area contributed by atoms with Gasteiger partial charge in [-0.15, -0.1) is 0 Å². The van der Waals surface area contributed by atoms with Crippen LogP contribution in [0.4, 0.5) is 4.79 Å². The molecule has 4 rings (SSSR count). The highest BCUT2D eigenvalue weighted by Crippen LogP contribution is 2.30. The molecule has 0 radical (unpaired) electrons. The van der Waals surface area contributed by atoms with Gasteiger partial charge in [0.15, 0.2) is 5.82 Å². The summed E-state index contributed by atoms with van der Waals surface area (Å²) in [6, 6.07) is 0.0457. The van der Waals surface area contributed by atoms with Gasteiger partial charge in [0.2, 0.25) is 5.89 Å². The molecule has 2 aromatic rings. The summed E-state index contributed by atoms with van der Waals surface area (Å²) in [5, 5.41) is 11.6. The number of fused-ring (bicyclic) bond motifs is 1. The molecule has 2 atom stereocenters. The fraction of sp³-hybridized carbons (Fsp3) is 0.647. The molecule has 1 saturated heterocycles. The first kappa shape index (κ1) is 16.1. The molecule has 0 saturated carbocycles. The lowest BCUT2D eigenvalue weighted by atomic mass is 9.93. The van der Waals surface area contributed by atoms with Crippen LogP contribution >= 0.6 is 0 Å². The number of hydrogen-bond acceptors (Lipinski definition) is 5. The Balaban J connectivity index is 1.43. The number of carbonyl (C=O) groups excluding carboxylic acids is 1. The van der Waals surface area contributed by atoms with E-state index >= 15 is 0 Å². The largest absolute Gasteiger partial charge is 0.340 e. The van der Waals surface area contributed by atoms with Crippen LogP contribution in [0.5, 0.6) is 0 Å². The Labute approximate surface area is 146 Å². The van der Waals surface area contributed by atoms with E-state index in [1.807, 2.05) is 22.8 Å². The van der Waals surface area contributed by atoms with Crippen molar-refractivity contribution in [2.45, 2.75) is 51.0 Å². The molecule has 1 aliphatic carbocycles. The predicted octanol–water partition coefficient (Wildman–Crippen LogP) is 2.08. The van der Waals surface area contributed by atoms with Crippen LogP contribution in [-0.2, 0) is 13.5 Å². The SMILES string of the molecule is Cc1nc(C2CCCN(C(=O)NC3CCCc4c3cnn4C)C2)no1. The number of rotatable bonds is 2. The fourth-order valence-electron chi connectivity index (χ4n) is 3.95. The summed E-state index contributed by atoms with van der Waals surface area (Å²) in [6.07, 6.45) is 6.89. The van der Waals surface area contributed by atoms with Gasteiger partial charge in [0.25, 0.3) is 0 Å². The molecular formula is C17H24N6O2. The summed E-state index contributed by atoms with van der Waals surface area (Å²) in [5.74, 6) is 1.43. The average molecular weight is 344 g/mol. The lowest BCUT2D eigenvalue weighted by Crippen LogP contribution is -2.46. The number of aryl methyl sites for hydroxylation is 2. The molecular weight excluding hydrogens is 320 g/mol. The number of nitrogens with zero attached hydrogens (tertiary/aromatic N) is 5. The molecule has 1 aliphatic heterocycles. The van der Waals surface area contributed by atoms with Gasteiger partial charge in [0.1, 0.15) is 0 Å². The van der Waals surface area contributed by atoms with Gasteiger partial charge < -0.3 is 14.7 Å². The maximum Gasteiger partial charge on any atom is 0.317 e. The minimum Gasteiger partial charge on any atom is -0.340 e. The Bertz CT molecular complexity index is 767. The fourth-order valence-corrected chi connectivity index (χ4v) is 3.95. The van der Waals surface area contributed by atoms with Crippen LogP contribution in [-0.4, -0.2) is 43.9 Å². The highest BCUT2D eigenvalue weighted by molar-refractivity contribution is 5.75. The van der Waals surface area contributed by atoms with E-state index in [0.29, 0.717) is 18.3 Å². The molecule has 8 nitrogen and oxygen atoms in total. The van der Waals surface area contributed by atoms with Gasteiger partial charge in [-0.05, 0) is 32.1 Å². The number of amides is 2. The number of carbonyl (C=O) groups is 1. The minimum absolute atomic E-state index is 0.00776. The zero-order valence-corrected chi connectivity index (χ0v) is 14.7. The normalized spacial score (nSPS) is 23.4. The number of piperidine rings is 1. The average Bonchev–Trinajstić information content (AvgIpc) is 3.22. The van der Waals surface area contributed by atoms with Gasteiger partial charge in [-0.2, -0.15) is 10.1 Å². The van der Waals surface area contributed by atoms with E-state index in [0.717, 1.165) is 44.2 Å². The standard InChI is InChI=1S/C17H24N6O2/c1-11-19-16(21-25-11)12-5-4-8-23(10-12)17(24)20-14-6-3-7-15-13(14)9-18-22(15)2/h9,12,14H,3-8,10H2,1-2H3,(H,20,24). The Morgan fingerprint density at radius 2 is 2.24 bits per heavy atom. The first-order valence-electron chi connectivity index (χ1n) is 8.98. The monoisotopic (exact) mass is 344 g/mol. The van der Waals surface area contributed by atoms with Crippen molar-refractivity contribution in [3.63, 3.8) is 0 Å². The lowest BCUT2D eigenvalue weighted by molar-refractivity contribution is 0.172. The molecule has 0 spiro atoms. The van der Waals surface area contributed by atoms with Gasteiger partial charge >= 0.3 is 6.03 Å². The van der Waals surface area contributed by atoms with Crippen LogP contribution in [0.3, 0.4) is 0 Å². The Kier molecular flexibility index (Phi) is 4.19.